The molecule has 1 heterocycles. The fraction of sp³-hybridized carbons (Fsp3) is 0.611. The summed E-state index contributed by atoms with van der Waals surface area (Å²) in [6, 6.07) is 7.27. The Balaban J connectivity index is 1.56. The first-order valence-corrected chi connectivity index (χ1v) is 8.35. The average Bonchev–Trinajstić information content (AvgIpc) is 3.33. The number of likely N-dealkylation sites (tertiary alicyclic amines) is 1. The van der Waals surface area contributed by atoms with Gasteiger partial charge in [-0.2, -0.15) is 0 Å². The molecule has 2 aliphatic rings. The zero-order chi connectivity index (χ0) is 15.7. The summed E-state index contributed by atoms with van der Waals surface area (Å²) in [7, 11) is 0. The summed E-state index contributed by atoms with van der Waals surface area (Å²) >= 11 is 0. The van der Waals surface area contributed by atoms with E-state index in [1.807, 2.05) is 11.0 Å². The maximum Gasteiger partial charge on any atom is 0.225 e. The van der Waals surface area contributed by atoms with Crippen LogP contribution in [0.4, 0.5) is 4.39 Å². The molecular formula is C18H25FN2O. The number of nitrogens with one attached hydrogen (secondary N) is 1. The topological polar surface area (TPSA) is 32.3 Å². The van der Waals surface area contributed by atoms with Crippen molar-refractivity contribution in [3.63, 3.8) is 0 Å². The predicted octanol–water partition coefficient (Wildman–Crippen LogP) is 3.12. The smallest absolute Gasteiger partial charge is 0.225 e. The number of hydrogen-bond donors (Lipinski definition) is 1. The van der Waals surface area contributed by atoms with E-state index in [1.165, 1.54) is 6.07 Å². The number of hydrogen-bond acceptors (Lipinski definition) is 2. The summed E-state index contributed by atoms with van der Waals surface area (Å²) in [5.41, 5.74) is 0.976. The molecule has 3 atom stereocenters. The van der Waals surface area contributed by atoms with Crippen LogP contribution in [0.15, 0.2) is 24.3 Å². The van der Waals surface area contributed by atoms with Crippen molar-refractivity contribution >= 4 is 5.91 Å². The second-order valence-electron chi connectivity index (χ2n) is 6.87. The monoisotopic (exact) mass is 304 g/mol. The largest absolute Gasteiger partial charge is 0.342 e. The van der Waals surface area contributed by atoms with E-state index in [1.54, 1.807) is 12.1 Å². The summed E-state index contributed by atoms with van der Waals surface area (Å²) in [5, 5.41) is 3.61. The van der Waals surface area contributed by atoms with Crippen LogP contribution in [0.3, 0.4) is 0 Å². The van der Waals surface area contributed by atoms with E-state index < -0.39 is 0 Å². The zero-order valence-corrected chi connectivity index (χ0v) is 13.4. The lowest BCUT2D eigenvalue weighted by Gasteiger charge is -2.39. The van der Waals surface area contributed by atoms with Crippen LogP contribution in [-0.2, 0) is 4.79 Å². The van der Waals surface area contributed by atoms with E-state index in [0.29, 0.717) is 23.8 Å². The van der Waals surface area contributed by atoms with Gasteiger partial charge in [0.1, 0.15) is 5.82 Å². The molecule has 0 spiro atoms. The fourth-order valence-corrected chi connectivity index (χ4v) is 3.38. The van der Waals surface area contributed by atoms with Crippen LogP contribution in [0.25, 0.3) is 0 Å². The third-order valence-electron chi connectivity index (χ3n) is 4.96. The highest BCUT2D eigenvalue weighted by Crippen LogP contribution is 2.32. The number of halogens is 1. The molecule has 1 saturated carbocycles. The number of amides is 1. The van der Waals surface area contributed by atoms with Crippen LogP contribution < -0.4 is 5.32 Å². The molecule has 22 heavy (non-hydrogen) atoms. The molecule has 0 aromatic heterocycles. The van der Waals surface area contributed by atoms with E-state index in [0.717, 1.165) is 37.9 Å². The van der Waals surface area contributed by atoms with Gasteiger partial charge in [0.25, 0.3) is 0 Å². The Bertz CT molecular complexity index is 544. The van der Waals surface area contributed by atoms with Gasteiger partial charge in [0.2, 0.25) is 5.91 Å². The number of rotatable bonds is 4. The van der Waals surface area contributed by atoms with Crippen molar-refractivity contribution in [2.75, 3.05) is 13.1 Å². The molecule has 1 aromatic rings. The van der Waals surface area contributed by atoms with Crippen molar-refractivity contribution in [3.8, 4) is 0 Å². The van der Waals surface area contributed by atoms with Gasteiger partial charge < -0.3 is 10.2 Å². The molecule has 4 heteroatoms. The lowest BCUT2D eigenvalue weighted by Crippen LogP contribution is -2.50. The highest BCUT2D eigenvalue weighted by molar-refractivity contribution is 5.81. The fourth-order valence-electron chi connectivity index (χ4n) is 3.38. The number of carbonyl (C=O) groups excluding carboxylic acids is 1. The maximum atomic E-state index is 13.3. The van der Waals surface area contributed by atoms with E-state index >= 15 is 0 Å². The average molecular weight is 304 g/mol. The highest BCUT2D eigenvalue weighted by Gasteiger charge is 2.37. The van der Waals surface area contributed by atoms with Crippen LogP contribution in [0.2, 0.25) is 0 Å². The maximum absolute atomic E-state index is 13.3. The van der Waals surface area contributed by atoms with Crippen LogP contribution in [0.1, 0.15) is 44.7 Å². The van der Waals surface area contributed by atoms with Gasteiger partial charge in [0, 0.05) is 31.1 Å². The van der Waals surface area contributed by atoms with Gasteiger partial charge >= 0.3 is 0 Å². The second-order valence-corrected chi connectivity index (χ2v) is 6.87. The lowest BCUT2D eigenvalue weighted by atomic mass is 9.92. The summed E-state index contributed by atoms with van der Waals surface area (Å²) in [5.74, 6) is 0.892. The quantitative estimate of drug-likeness (QED) is 0.927. The Hall–Kier alpha value is -1.42. The zero-order valence-electron chi connectivity index (χ0n) is 13.4. The minimum atomic E-state index is -0.191. The van der Waals surface area contributed by atoms with Crippen molar-refractivity contribution in [2.45, 2.75) is 45.2 Å². The van der Waals surface area contributed by atoms with Crippen LogP contribution in [-0.4, -0.2) is 29.9 Å². The van der Waals surface area contributed by atoms with Crippen molar-refractivity contribution < 1.29 is 9.18 Å². The molecule has 3 nitrogen and oxygen atoms in total. The SMILES string of the molecule is C[C@H](N[C@@H]1CCN(C(=O)C2CC2)C[C@@H]1C)c1cccc(F)c1. The van der Waals surface area contributed by atoms with Gasteiger partial charge in [0.15, 0.2) is 0 Å². The first kappa shape index (κ1) is 15.5. The van der Waals surface area contributed by atoms with E-state index in [9.17, 15) is 9.18 Å². The number of nitrogens with zero attached hydrogens (tertiary/aromatic N) is 1. The second kappa shape index (κ2) is 6.37. The lowest BCUT2D eigenvalue weighted by molar-refractivity contribution is -0.134. The van der Waals surface area contributed by atoms with Gasteiger partial charge in [-0.25, -0.2) is 4.39 Å². The van der Waals surface area contributed by atoms with E-state index in [4.69, 9.17) is 0 Å². The molecule has 1 saturated heterocycles. The highest BCUT2D eigenvalue weighted by atomic mass is 19.1. The first-order chi connectivity index (χ1) is 10.5. The summed E-state index contributed by atoms with van der Waals surface area (Å²) in [4.78, 5) is 14.2. The van der Waals surface area contributed by atoms with Crippen LogP contribution in [0, 0.1) is 17.7 Å². The normalized spacial score (nSPS) is 26.8. The number of carbonyl (C=O) groups is 1. The minimum Gasteiger partial charge on any atom is -0.342 e. The Morgan fingerprint density at radius 1 is 1.36 bits per heavy atom. The van der Waals surface area contributed by atoms with Crippen molar-refractivity contribution in [2.24, 2.45) is 11.8 Å². The standard InChI is InChI=1S/C18H25FN2O/c1-12-11-21(18(22)14-6-7-14)9-8-17(12)20-13(2)15-4-3-5-16(19)10-15/h3-5,10,12-14,17,20H,6-9,11H2,1-2H3/t12-,13-,17+/m0/s1. The van der Waals surface area contributed by atoms with Crippen molar-refractivity contribution in [1.82, 2.24) is 10.2 Å². The molecule has 2 fully saturated rings. The molecule has 1 aromatic carbocycles. The predicted molar refractivity (Wildman–Crippen MR) is 84.8 cm³/mol. The third kappa shape index (κ3) is 3.49. The molecule has 0 radical (unpaired) electrons. The Kier molecular flexibility index (Phi) is 4.48. The molecule has 0 bridgehead atoms. The Morgan fingerprint density at radius 2 is 2.14 bits per heavy atom. The van der Waals surface area contributed by atoms with E-state index in [2.05, 4.69) is 19.2 Å². The first-order valence-electron chi connectivity index (χ1n) is 8.35. The molecule has 1 amide bonds. The summed E-state index contributed by atoms with van der Waals surface area (Å²) in [6.45, 7) is 5.95. The number of benzene rings is 1. The summed E-state index contributed by atoms with van der Waals surface area (Å²) < 4.78 is 13.3. The molecule has 1 aliphatic heterocycles. The molecule has 1 N–H and O–H groups in total. The number of piperidine rings is 1. The minimum absolute atomic E-state index is 0.119. The van der Waals surface area contributed by atoms with Crippen LogP contribution in [0.5, 0.6) is 0 Å². The van der Waals surface area contributed by atoms with Gasteiger partial charge in [-0.1, -0.05) is 19.1 Å². The van der Waals surface area contributed by atoms with Gasteiger partial charge in [-0.05, 0) is 49.8 Å². The molecular weight excluding hydrogens is 279 g/mol. The molecule has 120 valence electrons. The Morgan fingerprint density at radius 3 is 2.77 bits per heavy atom. The van der Waals surface area contributed by atoms with Gasteiger partial charge in [-0.15, -0.1) is 0 Å². The molecule has 3 rings (SSSR count). The van der Waals surface area contributed by atoms with Crippen LogP contribution >= 0.6 is 0 Å². The van der Waals surface area contributed by atoms with Gasteiger partial charge in [0.05, 0.1) is 0 Å². The Labute approximate surface area is 131 Å². The van der Waals surface area contributed by atoms with Crippen molar-refractivity contribution in [3.05, 3.63) is 35.6 Å². The molecule has 0 unspecified atom stereocenters. The van der Waals surface area contributed by atoms with Crippen molar-refractivity contribution in [1.29, 1.82) is 0 Å². The van der Waals surface area contributed by atoms with Gasteiger partial charge in [-0.3, -0.25) is 4.79 Å². The third-order valence-corrected chi connectivity index (χ3v) is 4.96. The van der Waals surface area contributed by atoms with E-state index in [-0.39, 0.29) is 11.9 Å². The molecule has 1 aliphatic carbocycles. The summed E-state index contributed by atoms with van der Waals surface area (Å²) in [6.07, 6.45) is 3.11.